The number of halogens is 1. The van der Waals surface area contributed by atoms with Crippen LogP contribution >= 0.6 is 0 Å². The fourth-order valence-corrected chi connectivity index (χ4v) is 3.51. The van der Waals surface area contributed by atoms with Gasteiger partial charge in [0.15, 0.2) is 15.2 Å². The normalized spacial score (nSPS) is 12.4. The van der Waals surface area contributed by atoms with E-state index in [1.807, 2.05) is 0 Å². The zero-order valence-corrected chi connectivity index (χ0v) is 11.8. The second kappa shape index (κ2) is 6.43. The summed E-state index contributed by atoms with van der Waals surface area (Å²) >= 11 is 0. The predicted octanol–water partition coefficient (Wildman–Crippen LogP) is 2.78. The molecular formula is C15H12FNO3S. The maximum Gasteiger partial charge on any atom is 0.236 e. The first-order valence-corrected chi connectivity index (χ1v) is 7.82. The summed E-state index contributed by atoms with van der Waals surface area (Å²) in [5.41, 5.74) is 0.821. The van der Waals surface area contributed by atoms with Gasteiger partial charge in [-0.15, -0.1) is 0 Å². The Hall–Kier alpha value is -2.30. The third-order valence-corrected chi connectivity index (χ3v) is 4.67. The van der Waals surface area contributed by atoms with Crippen LogP contribution in [0.4, 0.5) is 4.39 Å². The molecule has 2 aromatic rings. The Balaban J connectivity index is 2.37. The highest BCUT2D eigenvalue weighted by molar-refractivity contribution is 7.90. The molecule has 2 aromatic carbocycles. The van der Waals surface area contributed by atoms with E-state index < -0.39 is 21.0 Å². The van der Waals surface area contributed by atoms with Gasteiger partial charge in [0.25, 0.3) is 0 Å². The molecule has 108 valence electrons. The van der Waals surface area contributed by atoms with Crippen LogP contribution in [0, 0.1) is 5.82 Å². The van der Waals surface area contributed by atoms with Gasteiger partial charge >= 0.3 is 0 Å². The van der Waals surface area contributed by atoms with Crippen LogP contribution in [0.3, 0.4) is 0 Å². The van der Waals surface area contributed by atoms with Gasteiger partial charge in [0.1, 0.15) is 5.82 Å². The Kier molecular flexibility index (Phi) is 4.62. The largest absolute Gasteiger partial charge is 0.236 e. The molecule has 0 heterocycles. The Morgan fingerprint density at radius 3 is 2.24 bits per heavy atom. The van der Waals surface area contributed by atoms with E-state index in [1.165, 1.54) is 18.2 Å². The van der Waals surface area contributed by atoms with E-state index >= 15 is 0 Å². The summed E-state index contributed by atoms with van der Waals surface area (Å²) in [6.45, 7) is 0. The Morgan fingerprint density at radius 2 is 1.67 bits per heavy atom. The van der Waals surface area contributed by atoms with E-state index in [0.29, 0.717) is 5.56 Å². The first kappa shape index (κ1) is 15.1. The van der Waals surface area contributed by atoms with Crippen LogP contribution in [0.15, 0.2) is 59.6 Å². The van der Waals surface area contributed by atoms with Crippen LogP contribution in [0.25, 0.3) is 0 Å². The molecule has 0 spiro atoms. The maximum atomic E-state index is 12.9. The molecule has 6 heteroatoms. The quantitative estimate of drug-likeness (QED) is 0.630. The molecule has 2 rings (SSSR count). The summed E-state index contributed by atoms with van der Waals surface area (Å²) in [6.07, 6.45) is 1.27. The molecule has 0 fully saturated rings. The third-order valence-electron chi connectivity index (χ3n) is 2.88. The molecule has 0 radical (unpaired) electrons. The lowest BCUT2D eigenvalue weighted by Crippen LogP contribution is -2.14. The lowest BCUT2D eigenvalue weighted by Gasteiger charge is -2.12. The van der Waals surface area contributed by atoms with Crippen LogP contribution in [0.2, 0.25) is 0 Å². The summed E-state index contributed by atoms with van der Waals surface area (Å²) in [6, 6.07) is 13.4. The van der Waals surface area contributed by atoms with Gasteiger partial charge in [-0.05, 0) is 23.3 Å². The number of isocyanates is 1. The first-order chi connectivity index (χ1) is 10.0. The SMILES string of the molecule is O=C=NC(c1ccc(F)cc1)S(=O)(=O)Cc1ccccc1. The molecule has 0 N–H and O–H groups in total. The van der Waals surface area contributed by atoms with E-state index in [2.05, 4.69) is 4.99 Å². The van der Waals surface area contributed by atoms with Gasteiger partial charge in [-0.2, -0.15) is 4.99 Å². The molecule has 0 saturated heterocycles. The highest BCUT2D eigenvalue weighted by Crippen LogP contribution is 2.27. The number of hydrogen-bond donors (Lipinski definition) is 0. The van der Waals surface area contributed by atoms with Crippen LogP contribution in [-0.2, 0) is 20.4 Å². The molecule has 0 aliphatic carbocycles. The van der Waals surface area contributed by atoms with Crippen LogP contribution < -0.4 is 0 Å². The average Bonchev–Trinajstić information content (AvgIpc) is 2.46. The minimum atomic E-state index is -3.76. The van der Waals surface area contributed by atoms with Crippen molar-refractivity contribution in [3.63, 3.8) is 0 Å². The van der Waals surface area contributed by atoms with Crippen molar-refractivity contribution in [1.29, 1.82) is 0 Å². The van der Waals surface area contributed by atoms with Gasteiger partial charge in [0, 0.05) is 0 Å². The van der Waals surface area contributed by atoms with Crippen LogP contribution in [0.1, 0.15) is 16.5 Å². The van der Waals surface area contributed by atoms with Gasteiger partial charge in [-0.1, -0.05) is 42.5 Å². The van der Waals surface area contributed by atoms with E-state index in [9.17, 15) is 17.6 Å². The molecule has 1 unspecified atom stereocenters. The second-order valence-corrected chi connectivity index (χ2v) is 6.48. The number of rotatable bonds is 5. The Labute approximate surface area is 121 Å². The standard InChI is InChI=1S/C15H12FNO3S/c16-14-8-6-13(7-9-14)15(17-11-18)21(19,20)10-12-4-2-1-3-5-12/h1-9,15H,10H2. The van der Waals surface area contributed by atoms with Crippen LogP contribution in [0.5, 0.6) is 0 Å². The lowest BCUT2D eigenvalue weighted by atomic mass is 10.2. The van der Waals surface area contributed by atoms with Crippen molar-refractivity contribution in [3.05, 3.63) is 71.5 Å². The topological polar surface area (TPSA) is 63.6 Å². The van der Waals surface area contributed by atoms with Crippen LogP contribution in [-0.4, -0.2) is 14.5 Å². The Morgan fingerprint density at radius 1 is 1.05 bits per heavy atom. The van der Waals surface area contributed by atoms with Crippen molar-refractivity contribution >= 4 is 15.9 Å². The van der Waals surface area contributed by atoms with Gasteiger partial charge in [0.05, 0.1) is 5.75 Å². The predicted molar refractivity (Wildman–Crippen MR) is 76.3 cm³/mol. The summed E-state index contributed by atoms with van der Waals surface area (Å²) in [5.74, 6) is -0.755. The zero-order chi connectivity index (χ0) is 15.3. The number of hydrogen-bond acceptors (Lipinski definition) is 4. The minimum Gasteiger partial charge on any atom is -0.226 e. The number of nitrogens with zero attached hydrogens (tertiary/aromatic N) is 1. The fourth-order valence-electron chi connectivity index (χ4n) is 1.92. The smallest absolute Gasteiger partial charge is 0.226 e. The van der Waals surface area contributed by atoms with Crippen molar-refractivity contribution in [2.75, 3.05) is 0 Å². The van der Waals surface area contributed by atoms with Crippen molar-refractivity contribution in [3.8, 4) is 0 Å². The number of sulfone groups is 1. The molecule has 4 nitrogen and oxygen atoms in total. The molecule has 0 amide bonds. The van der Waals surface area contributed by atoms with E-state index in [0.717, 1.165) is 12.1 Å². The summed E-state index contributed by atoms with van der Waals surface area (Å²) in [4.78, 5) is 13.9. The maximum absolute atomic E-state index is 12.9. The first-order valence-electron chi connectivity index (χ1n) is 6.11. The van der Waals surface area contributed by atoms with E-state index in [1.54, 1.807) is 30.3 Å². The average molecular weight is 305 g/mol. The van der Waals surface area contributed by atoms with Crippen molar-refractivity contribution < 1.29 is 17.6 Å². The number of carbonyl (C=O) groups excluding carboxylic acids is 1. The molecule has 0 bridgehead atoms. The number of aliphatic imine (C=N–C) groups is 1. The molecule has 0 aliphatic rings. The molecule has 0 saturated carbocycles. The number of benzene rings is 2. The van der Waals surface area contributed by atoms with Gasteiger partial charge in [-0.3, -0.25) is 0 Å². The molecule has 0 aliphatic heterocycles. The lowest BCUT2D eigenvalue weighted by molar-refractivity contribution is 0.557. The van der Waals surface area contributed by atoms with Crippen molar-refractivity contribution in [1.82, 2.24) is 0 Å². The monoisotopic (exact) mass is 305 g/mol. The highest BCUT2D eigenvalue weighted by Gasteiger charge is 2.27. The summed E-state index contributed by atoms with van der Waals surface area (Å²) < 4.78 is 37.7. The fraction of sp³-hybridized carbons (Fsp3) is 0.133. The zero-order valence-electron chi connectivity index (χ0n) is 10.9. The second-order valence-electron chi connectivity index (χ2n) is 4.42. The molecule has 0 aromatic heterocycles. The summed E-state index contributed by atoms with van der Waals surface area (Å²) in [7, 11) is -3.76. The van der Waals surface area contributed by atoms with Crippen molar-refractivity contribution in [2.45, 2.75) is 11.1 Å². The molecular weight excluding hydrogens is 293 g/mol. The van der Waals surface area contributed by atoms with Gasteiger partial charge < -0.3 is 0 Å². The van der Waals surface area contributed by atoms with Gasteiger partial charge in [0.2, 0.25) is 6.08 Å². The summed E-state index contributed by atoms with van der Waals surface area (Å²) in [5, 5.41) is -1.38. The van der Waals surface area contributed by atoms with Gasteiger partial charge in [-0.25, -0.2) is 17.6 Å². The Bertz CT molecular complexity index is 751. The molecule has 21 heavy (non-hydrogen) atoms. The highest BCUT2D eigenvalue weighted by atomic mass is 32.2. The molecule has 1 atom stereocenters. The van der Waals surface area contributed by atoms with E-state index in [4.69, 9.17) is 0 Å². The third kappa shape index (κ3) is 3.84. The minimum absolute atomic E-state index is 0.232. The van der Waals surface area contributed by atoms with Crippen molar-refractivity contribution in [2.24, 2.45) is 4.99 Å². The van der Waals surface area contributed by atoms with E-state index in [-0.39, 0.29) is 11.3 Å².